The number of hydrogen-bond donors (Lipinski definition) is 0. The van der Waals surface area contributed by atoms with Crippen LogP contribution in [-0.4, -0.2) is 9.55 Å². The third-order valence-electron chi connectivity index (χ3n) is 6.61. The van der Waals surface area contributed by atoms with Crippen molar-refractivity contribution in [2.24, 2.45) is 7.05 Å². The van der Waals surface area contributed by atoms with Gasteiger partial charge in [0.05, 0.1) is 6.33 Å². The summed E-state index contributed by atoms with van der Waals surface area (Å²) in [4.78, 5) is 4.78. The molecule has 0 atom stereocenters. The van der Waals surface area contributed by atoms with Gasteiger partial charge in [-0.05, 0) is 47.1 Å². The predicted octanol–water partition coefficient (Wildman–Crippen LogP) is 7.63. The van der Waals surface area contributed by atoms with Gasteiger partial charge in [-0.25, -0.2) is 0 Å². The van der Waals surface area contributed by atoms with Gasteiger partial charge in [-0.3, -0.25) is 4.98 Å². The van der Waals surface area contributed by atoms with Gasteiger partial charge in [-0.1, -0.05) is 83.1 Å². The van der Waals surface area contributed by atoms with Gasteiger partial charge in [-0.15, -0.1) is 23.6 Å². The molecule has 0 saturated carbocycles. The van der Waals surface area contributed by atoms with Crippen molar-refractivity contribution < 1.29 is 20.1 Å². The van der Waals surface area contributed by atoms with Crippen molar-refractivity contribution in [1.82, 2.24) is 9.55 Å². The zero-order valence-electron chi connectivity index (χ0n) is 18.8. The molecule has 6 aromatic rings. The van der Waals surface area contributed by atoms with Crippen molar-refractivity contribution in [2.75, 3.05) is 0 Å². The van der Waals surface area contributed by atoms with Crippen LogP contribution in [-0.2, 0) is 27.2 Å². The summed E-state index contributed by atoms with van der Waals surface area (Å²) >= 11 is 0. The molecule has 0 aliphatic heterocycles. The smallest absolute Gasteiger partial charge is 0.0840 e. The van der Waals surface area contributed by atoms with Gasteiger partial charge in [-0.2, -0.15) is 0 Å². The number of aromatic nitrogens is 2. The van der Waals surface area contributed by atoms with E-state index in [2.05, 4.69) is 104 Å². The van der Waals surface area contributed by atoms with Crippen LogP contribution in [0, 0.1) is 19.9 Å². The molecule has 3 heteroatoms. The van der Waals surface area contributed by atoms with Gasteiger partial charge in [0.1, 0.15) is 0 Å². The topological polar surface area (TPSA) is 17.8 Å². The maximum absolute atomic E-state index is 4.78. The number of fused-ring (bicyclic) bond motifs is 6. The molecular weight excluding hydrogens is 581 g/mol. The zero-order chi connectivity index (χ0) is 21.8. The SMILES string of the molecule is Cc1ccccc1-c1ccc2c(c1)c1c(-c3ccccc3C)cc[c-]c1c1ncn(C)c21.[Ir]. The normalized spacial score (nSPS) is 11.2. The molecular formula is C30H23IrN2-. The van der Waals surface area contributed by atoms with E-state index in [0.29, 0.717) is 0 Å². The minimum absolute atomic E-state index is 0. The molecule has 33 heavy (non-hydrogen) atoms. The van der Waals surface area contributed by atoms with Crippen LogP contribution < -0.4 is 0 Å². The summed E-state index contributed by atoms with van der Waals surface area (Å²) in [5.41, 5.74) is 9.70. The van der Waals surface area contributed by atoms with Gasteiger partial charge < -0.3 is 4.57 Å². The monoisotopic (exact) mass is 604 g/mol. The van der Waals surface area contributed by atoms with Gasteiger partial charge >= 0.3 is 0 Å². The first-order valence-electron chi connectivity index (χ1n) is 11.0. The second-order valence-corrected chi connectivity index (χ2v) is 8.58. The third kappa shape index (κ3) is 3.31. The van der Waals surface area contributed by atoms with E-state index in [1.54, 1.807) is 0 Å². The molecule has 6 rings (SSSR count). The summed E-state index contributed by atoms with van der Waals surface area (Å²) in [6.07, 6.45) is 1.91. The van der Waals surface area contributed by atoms with E-state index < -0.39 is 0 Å². The molecule has 1 radical (unpaired) electrons. The van der Waals surface area contributed by atoms with Crippen molar-refractivity contribution >= 4 is 32.6 Å². The van der Waals surface area contributed by atoms with Crippen LogP contribution in [0.3, 0.4) is 0 Å². The Morgan fingerprint density at radius 3 is 2.18 bits per heavy atom. The molecule has 1 aromatic heterocycles. The number of hydrogen-bond acceptors (Lipinski definition) is 1. The molecule has 0 saturated heterocycles. The summed E-state index contributed by atoms with van der Waals surface area (Å²) < 4.78 is 2.12. The van der Waals surface area contributed by atoms with Crippen molar-refractivity contribution in [2.45, 2.75) is 13.8 Å². The molecule has 0 bridgehead atoms. The van der Waals surface area contributed by atoms with E-state index in [-0.39, 0.29) is 20.1 Å². The van der Waals surface area contributed by atoms with Crippen molar-refractivity contribution in [1.29, 1.82) is 0 Å². The van der Waals surface area contributed by atoms with Crippen molar-refractivity contribution in [3.05, 3.63) is 102 Å². The van der Waals surface area contributed by atoms with Crippen LogP contribution in [0.4, 0.5) is 0 Å². The molecule has 0 unspecified atom stereocenters. The van der Waals surface area contributed by atoms with Gasteiger partial charge in [0.25, 0.3) is 0 Å². The second-order valence-electron chi connectivity index (χ2n) is 8.58. The maximum Gasteiger partial charge on any atom is 0.0840 e. The standard InChI is InChI=1S/C30H23N2.Ir/c1-19-9-4-6-11-22(19)21-15-16-25-27(17-21)28-24(23-12-7-5-10-20(23)2)13-8-14-26(28)29-30(25)32(3)18-31-29;/h4-13,15-18H,1-3H3;/q-1;. The van der Waals surface area contributed by atoms with E-state index in [1.165, 1.54) is 49.5 Å². The summed E-state index contributed by atoms with van der Waals surface area (Å²) in [6.45, 7) is 4.35. The van der Waals surface area contributed by atoms with Gasteiger partial charge in [0, 0.05) is 38.2 Å². The Bertz CT molecular complexity index is 1660. The Morgan fingerprint density at radius 1 is 0.758 bits per heavy atom. The van der Waals surface area contributed by atoms with Crippen LogP contribution in [0.15, 0.2) is 85.2 Å². The third-order valence-corrected chi connectivity index (χ3v) is 6.61. The maximum atomic E-state index is 4.78. The van der Waals surface area contributed by atoms with Crippen LogP contribution in [0.1, 0.15) is 11.1 Å². The van der Waals surface area contributed by atoms with E-state index >= 15 is 0 Å². The minimum Gasteiger partial charge on any atom is -0.342 e. The first-order chi connectivity index (χ1) is 15.6. The largest absolute Gasteiger partial charge is 0.342 e. The minimum atomic E-state index is 0. The molecule has 0 aliphatic rings. The first-order valence-corrected chi connectivity index (χ1v) is 11.0. The molecule has 2 nitrogen and oxygen atoms in total. The molecule has 163 valence electrons. The van der Waals surface area contributed by atoms with Gasteiger partial charge in [0.15, 0.2) is 0 Å². The molecule has 0 N–H and O–H groups in total. The summed E-state index contributed by atoms with van der Waals surface area (Å²) in [7, 11) is 2.07. The average Bonchev–Trinajstić information content (AvgIpc) is 3.21. The molecule has 0 amide bonds. The summed E-state index contributed by atoms with van der Waals surface area (Å²) in [6, 6.07) is 31.8. The zero-order valence-corrected chi connectivity index (χ0v) is 21.2. The van der Waals surface area contributed by atoms with E-state index in [0.717, 1.165) is 16.4 Å². The molecule has 5 aromatic carbocycles. The summed E-state index contributed by atoms with van der Waals surface area (Å²) in [5, 5.41) is 4.76. The van der Waals surface area contributed by atoms with E-state index in [1.807, 2.05) is 12.4 Å². The fraction of sp³-hybridized carbons (Fsp3) is 0.100. The molecule has 0 aliphatic carbocycles. The molecule has 1 heterocycles. The van der Waals surface area contributed by atoms with Crippen LogP contribution in [0.5, 0.6) is 0 Å². The number of rotatable bonds is 2. The van der Waals surface area contributed by atoms with Crippen LogP contribution >= 0.6 is 0 Å². The predicted molar refractivity (Wildman–Crippen MR) is 135 cm³/mol. The number of imidazole rings is 1. The Morgan fingerprint density at radius 2 is 1.45 bits per heavy atom. The van der Waals surface area contributed by atoms with Crippen molar-refractivity contribution in [3.8, 4) is 22.3 Å². The van der Waals surface area contributed by atoms with Gasteiger partial charge in [0.2, 0.25) is 0 Å². The average molecular weight is 604 g/mol. The Hall–Kier alpha value is -3.26. The molecule has 0 spiro atoms. The molecule has 0 fully saturated rings. The van der Waals surface area contributed by atoms with E-state index in [4.69, 9.17) is 4.98 Å². The fourth-order valence-corrected chi connectivity index (χ4v) is 5.02. The Labute approximate surface area is 207 Å². The van der Waals surface area contributed by atoms with Crippen LogP contribution in [0.2, 0.25) is 0 Å². The van der Waals surface area contributed by atoms with Crippen molar-refractivity contribution in [3.63, 3.8) is 0 Å². The number of nitrogens with zero attached hydrogens (tertiary/aromatic N) is 2. The number of aryl methyl sites for hydroxylation is 3. The Balaban J connectivity index is 0.00000228. The summed E-state index contributed by atoms with van der Waals surface area (Å²) in [5.74, 6) is 0. The first kappa shape index (κ1) is 21.6. The second kappa shape index (κ2) is 8.26. The fourth-order valence-electron chi connectivity index (χ4n) is 5.02. The van der Waals surface area contributed by atoms with E-state index in [9.17, 15) is 0 Å². The Kier molecular flexibility index (Phi) is 5.40. The van der Waals surface area contributed by atoms with Crippen LogP contribution in [0.25, 0.3) is 54.8 Å². The quantitative estimate of drug-likeness (QED) is 0.147. The number of benzene rings is 5.